The van der Waals surface area contributed by atoms with E-state index in [1.807, 2.05) is 62.4 Å². The van der Waals surface area contributed by atoms with Crippen LogP contribution in [0, 0.1) is 30.6 Å². The fourth-order valence-electron chi connectivity index (χ4n) is 3.11. The molecule has 1 aromatic heterocycles. The predicted molar refractivity (Wildman–Crippen MR) is 115 cm³/mol. The Hall–Kier alpha value is -3.91. The molecule has 0 radical (unpaired) electrons. The number of hydrogen-bond donors (Lipinski definition) is 2. The van der Waals surface area contributed by atoms with Gasteiger partial charge in [0.25, 0.3) is 0 Å². The van der Waals surface area contributed by atoms with E-state index in [0.717, 1.165) is 28.1 Å². The Bertz CT molecular complexity index is 1110. The number of ether oxygens (including phenoxy) is 1. The van der Waals surface area contributed by atoms with Crippen molar-refractivity contribution in [1.82, 2.24) is 4.98 Å². The molecular formula is C24H22N4O. The molecule has 1 heterocycles. The van der Waals surface area contributed by atoms with Gasteiger partial charge in [-0.2, -0.15) is 5.26 Å². The third-order valence-electron chi connectivity index (χ3n) is 4.43. The Balaban J connectivity index is 1.87. The Labute approximate surface area is 170 Å². The number of nitrogens with zero attached hydrogens (tertiary/aromatic N) is 2. The van der Waals surface area contributed by atoms with Crippen molar-refractivity contribution in [3.63, 3.8) is 0 Å². The zero-order valence-corrected chi connectivity index (χ0v) is 16.4. The first-order chi connectivity index (χ1) is 14.0. The van der Waals surface area contributed by atoms with Gasteiger partial charge in [-0.1, -0.05) is 24.3 Å². The monoisotopic (exact) mass is 382 g/mol. The summed E-state index contributed by atoms with van der Waals surface area (Å²) < 4.78 is 5.89. The summed E-state index contributed by atoms with van der Waals surface area (Å²) in [5.74, 6) is 0.666. The molecule has 0 saturated carbocycles. The molecule has 0 saturated heterocycles. The molecule has 0 aliphatic rings. The van der Waals surface area contributed by atoms with Gasteiger partial charge in [0.1, 0.15) is 12.4 Å². The van der Waals surface area contributed by atoms with E-state index >= 15 is 0 Å². The minimum atomic E-state index is 0.350. The normalized spacial score (nSPS) is 11.3. The molecule has 0 fully saturated rings. The van der Waals surface area contributed by atoms with Crippen molar-refractivity contribution in [1.29, 1.82) is 10.7 Å². The summed E-state index contributed by atoms with van der Waals surface area (Å²) in [6, 6.07) is 20.8. The standard InChI is InChI=1S/C24H22N4O/c1-16-9-21(10-17(2)28-16)23(14-26)24(27)20-7-4-8-22(12-20)29-15-19-6-3-5-18(11-19)13-25/h3-12,14,26H,15,27H2,1-2H3/b24-23+,26-14?. The van der Waals surface area contributed by atoms with Gasteiger partial charge in [0.05, 0.1) is 11.6 Å². The topological polar surface area (TPSA) is 95.8 Å². The van der Waals surface area contributed by atoms with E-state index in [2.05, 4.69) is 11.1 Å². The number of aryl methyl sites for hydroxylation is 2. The van der Waals surface area contributed by atoms with E-state index in [1.54, 1.807) is 12.1 Å². The predicted octanol–water partition coefficient (Wildman–Crippen LogP) is 4.63. The van der Waals surface area contributed by atoms with Crippen LogP contribution in [0.4, 0.5) is 0 Å². The van der Waals surface area contributed by atoms with Crippen molar-refractivity contribution in [2.24, 2.45) is 5.73 Å². The highest BCUT2D eigenvalue weighted by Crippen LogP contribution is 2.25. The van der Waals surface area contributed by atoms with Gasteiger partial charge in [0.15, 0.2) is 0 Å². The van der Waals surface area contributed by atoms with Crippen molar-refractivity contribution >= 4 is 17.5 Å². The molecule has 0 spiro atoms. The summed E-state index contributed by atoms with van der Waals surface area (Å²) in [6.45, 7) is 4.19. The fourth-order valence-corrected chi connectivity index (χ4v) is 3.11. The van der Waals surface area contributed by atoms with Crippen LogP contribution in [0.15, 0.2) is 60.7 Å². The minimum Gasteiger partial charge on any atom is -0.489 e. The summed E-state index contributed by atoms with van der Waals surface area (Å²) in [5, 5.41) is 16.9. The molecule has 5 nitrogen and oxygen atoms in total. The molecule has 2 aromatic carbocycles. The summed E-state index contributed by atoms with van der Waals surface area (Å²) in [4.78, 5) is 4.38. The van der Waals surface area contributed by atoms with Crippen LogP contribution in [0.3, 0.4) is 0 Å². The molecule has 0 aliphatic carbocycles. The lowest BCUT2D eigenvalue weighted by Gasteiger charge is -2.12. The van der Waals surface area contributed by atoms with E-state index in [1.165, 1.54) is 6.21 Å². The van der Waals surface area contributed by atoms with Crippen LogP contribution in [0.2, 0.25) is 0 Å². The molecule has 5 heteroatoms. The zero-order chi connectivity index (χ0) is 20.8. The number of pyridine rings is 1. The van der Waals surface area contributed by atoms with Gasteiger partial charge in [0, 0.05) is 34.4 Å². The van der Waals surface area contributed by atoms with Crippen molar-refractivity contribution in [3.8, 4) is 11.8 Å². The number of nitrogens with two attached hydrogens (primary N) is 1. The van der Waals surface area contributed by atoms with Gasteiger partial charge in [0.2, 0.25) is 0 Å². The van der Waals surface area contributed by atoms with Crippen LogP contribution in [0.5, 0.6) is 5.75 Å². The number of nitrogens with one attached hydrogen (secondary N) is 1. The molecule has 3 aromatic rings. The molecule has 3 rings (SSSR count). The summed E-state index contributed by atoms with van der Waals surface area (Å²) in [6.07, 6.45) is 1.27. The first kappa shape index (κ1) is 19.8. The number of hydrogen-bond acceptors (Lipinski definition) is 5. The summed E-state index contributed by atoms with van der Waals surface area (Å²) >= 11 is 0. The van der Waals surface area contributed by atoms with Crippen LogP contribution in [0.25, 0.3) is 11.3 Å². The Morgan fingerprint density at radius 3 is 2.48 bits per heavy atom. The first-order valence-electron chi connectivity index (χ1n) is 9.18. The molecule has 0 amide bonds. The summed E-state index contributed by atoms with van der Waals surface area (Å²) in [7, 11) is 0. The third kappa shape index (κ3) is 4.88. The van der Waals surface area contributed by atoms with Gasteiger partial charge in [-0.3, -0.25) is 4.98 Å². The van der Waals surface area contributed by atoms with Crippen LogP contribution < -0.4 is 10.5 Å². The minimum absolute atomic E-state index is 0.350. The molecule has 0 bridgehead atoms. The Morgan fingerprint density at radius 2 is 1.79 bits per heavy atom. The van der Waals surface area contributed by atoms with E-state index in [0.29, 0.717) is 29.2 Å². The van der Waals surface area contributed by atoms with Crippen molar-refractivity contribution in [2.75, 3.05) is 0 Å². The number of allylic oxidation sites excluding steroid dienone is 1. The average molecular weight is 382 g/mol. The van der Waals surface area contributed by atoms with Crippen molar-refractivity contribution in [3.05, 3.63) is 94.3 Å². The molecule has 0 unspecified atom stereocenters. The average Bonchev–Trinajstić information content (AvgIpc) is 2.72. The maximum absolute atomic E-state index is 9.02. The lowest BCUT2D eigenvalue weighted by atomic mass is 10.00. The highest BCUT2D eigenvalue weighted by Gasteiger charge is 2.09. The number of aromatic nitrogens is 1. The maximum Gasteiger partial charge on any atom is 0.120 e. The SMILES string of the molecule is Cc1cc(/C(C=N)=C(/N)c2cccc(OCc3cccc(C#N)c3)c2)cc(C)n1. The van der Waals surface area contributed by atoms with Crippen LogP contribution in [-0.4, -0.2) is 11.2 Å². The quantitative estimate of drug-likeness (QED) is 0.608. The van der Waals surface area contributed by atoms with Crippen LogP contribution >= 0.6 is 0 Å². The molecule has 3 N–H and O–H groups in total. The zero-order valence-electron chi connectivity index (χ0n) is 16.4. The molecule has 29 heavy (non-hydrogen) atoms. The van der Waals surface area contributed by atoms with E-state index in [9.17, 15) is 0 Å². The van der Waals surface area contributed by atoms with Gasteiger partial charge in [-0.05, 0) is 61.4 Å². The van der Waals surface area contributed by atoms with Gasteiger partial charge in [-0.15, -0.1) is 0 Å². The number of rotatable bonds is 6. The lowest BCUT2D eigenvalue weighted by Crippen LogP contribution is -2.04. The highest BCUT2D eigenvalue weighted by atomic mass is 16.5. The van der Waals surface area contributed by atoms with Crippen molar-refractivity contribution in [2.45, 2.75) is 20.5 Å². The Kier molecular flexibility index (Phi) is 6.06. The first-order valence-corrected chi connectivity index (χ1v) is 9.18. The van der Waals surface area contributed by atoms with Gasteiger partial charge < -0.3 is 15.9 Å². The number of benzene rings is 2. The van der Waals surface area contributed by atoms with Crippen molar-refractivity contribution < 1.29 is 4.74 Å². The second-order valence-corrected chi connectivity index (χ2v) is 6.74. The van der Waals surface area contributed by atoms with Gasteiger partial charge >= 0.3 is 0 Å². The molecule has 144 valence electrons. The fraction of sp³-hybridized carbons (Fsp3) is 0.125. The van der Waals surface area contributed by atoms with E-state index in [-0.39, 0.29) is 0 Å². The molecule has 0 aliphatic heterocycles. The maximum atomic E-state index is 9.02. The summed E-state index contributed by atoms with van der Waals surface area (Å²) in [5.41, 5.74) is 12.5. The van der Waals surface area contributed by atoms with E-state index in [4.69, 9.17) is 21.1 Å². The molecule has 0 atom stereocenters. The van der Waals surface area contributed by atoms with Crippen LogP contribution in [-0.2, 0) is 6.61 Å². The Morgan fingerprint density at radius 1 is 1.07 bits per heavy atom. The molecular weight excluding hydrogens is 360 g/mol. The lowest BCUT2D eigenvalue weighted by molar-refractivity contribution is 0.306. The van der Waals surface area contributed by atoms with Gasteiger partial charge in [-0.25, -0.2) is 0 Å². The largest absolute Gasteiger partial charge is 0.489 e. The second kappa shape index (κ2) is 8.85. The third-order valence-corrected chi connectivity index (χ3v) is 4.43. The number of nitriles is 1. The smallest absolute Gasteiger partial charge is 0.120 e. The van der Waals surface area contributed by atoms with Crippen LogP contribution in [0.1, 0.15) is 33.6 Å². The van der Waals surface area contributed by atoms with E-state index < -0.39 is 0 Å². The highest BCUT2D eigenvalue weighted by molar-refractivity contribution is 6.17. The second-order valence-electron chi connectivity index (χ2n) is 6.74.